The van der Waals surface area contributed by atoms with Gasteiger partial charge in [-0.15, -0.1) is 0 Å². The minimum atomic E-state index is -3.61. The van der Waals surface area contributed by atoms with Gasteiger partial charge >= 0.3 is 0 Å². The number of sulfonamides is 1. The number of halogens is 1. The summed E-state index contributed by atoms with van der Waals surface area (Å²) in [5, 5.41) is 2.70. The van der Waals surface area contributed by atoms with Crippen LogP contribution in [0.4, 0.5) is 4.39 Å². The number of hydrogen-bond donors (Lipinski definition) is 2. The minimum absolute atomic E-state index is 0.0255. The number of nitrogens with one attached hydrogen (secondary N) is 2. The third kappa shape index (κ3) is 4.14. The summed E-state index contributed by atoms with van der Waals surface area (Å²) in [7, 11) is -2.31. The fraction of sp³-hybridized carbons (Fsp3) is 0.188. The van der Waals surface area contributed by atoms with Crippen LogP contribution in [0.15, 0.2) is 47.4 Å². The van der Waals surface area contributed by atoms with Gasteiger partial charge in [0.1, 0.15) is 5.82 Å². The lowest BCUT2D eigenvalue weighted by molar-refractivity contribution is 0.0950. The molecular weight excluding hydrogens is 319 g/mol. The van der Waals surface area contributed by atoms with Crippen molar-refractivity contribution in [2.24, 2.45) is 0 Å². The summed E-state index contributed by atoms with van der Waals surface area (Å²) in [6.07, 6.45) is 0. The maximum atomic E-state index is 12.8. The Morgan fingerprint density at radius 2 is 1.78 bits per heavy atom. The maximum Gasteiger partial charge on any atom is 0.251 e. The van der Waals surface area contributed by atoms with Gasteiger partial charge in [-0.05, 0) is 49.4 Å². The molecule has 2 aromatic carbocycles. The highest BCUT2D eigenvalue weighted by molar-refractivity contribution is 7.89. The SMILES string of the molecule is CNS(=O)(=O)c1ccc(C)c(C(=O)NCc2ccc(F)cc2)c1. The van der Waals surface area contributed by atoms with Crippen LogP contribution in [0.5, 0.6) is 0 Å². The molecular formula is C16H17FN2O3S. The standard InChI is InChI=1S/C16H17FN2O3S/c1-11-3-8-14(23(21,22)18-2)9-15(11)16(20)19-10-12-4-6-13(17)7-5-12/h3-9,18H,10H2,1-2H3,(H,19,20). The van der Waals surface area contributed by atoms with Crippen LogP contribution in [0.3, 0.4) is 0 Å². The van der Waals surface area contributed by atoms with E-state index < -0.39 is 10.0 Å². The Morgan fingerprint density at radius 1 is 1.13 bits per heavy atom. The van der Waals surface area contributed by atoms with Crippen LogP contribution in [-0.2, 0) is 16.6 Å². The number of benzene rings is 2. The number of aryl methyl sites for hydroxylation is 1. The van der Waals surface area contributed by atoms with E-state index in [1.165, 1.54) is 31.3 Å². The van der Waals surface area contributed by atoms with Gasteiger partial charge in [0, 0.05) is 12.1 Å². The number of carbonyl (C=O) groups excluding carboxylic acids is 1. The summed E-state index contributed by atoms with van der Waals surface area (Å²) < 4.78 is 38.7. The topological polar surface area (TPSA) is 75.3 Å². The molecule has 0 aliphatic carbocycles. The predicted octanol–water partition coefficient (Wildman–Crippen LogP) is 1.97. The average molecular weight is 336 g/mol. The first-order valence-corrected chi connectivity index (χ1v) is 8.38. The van der Waals surface area contributed by atoms with Gasteiger partial charge in [-0.25, -0.2) is 17.5 Å². The Bertz CT molecular complexity index is 818. The van der Waals surface area contributed by atoms with Crippen molar-refractivity contribution in [3.63, 3.8) is 0 Å². The summed E-state index contributed by atoms with van der Waals surface area (Å²) in [6, 6.07) is 10.1. The van der Waals surface area contributed by atoms with Gasteiger partial charge in [0.15, 0.2) is 0 Å². The van der Waals surface area contributed by atoms with Crippen molar-refractivity contribution >= 4 is 15.9 Å². The molecule has 0 saturated heterocycles. The quantitative estimate of drug-likeness (QED) is 0.876. The summed E-state index contributed by atoms with van der Waals surface area (Å²) in [4.78, 5) is 12.3. The Balaban J connectivity index is 2.18. The largest absolute Gasteiger partial charge is 0.348 e. The molecule has 23 heavy (non-hydrogen) atoms. The molecule has 0 heterocycles. The summed E-state index contributed by atoms with van der Waals surface area (Å²) in [6.45, 7) is 1.95. The van der Waals surface area contributed by atoms with E-state index in [1.54, 1.807) is 25.1 Å². The van der Waals surface area contributed by atoms with E-state index in [9.17, 15) is 17.6 Å². The molecule has 5 nitrogen and oxygen atoms in total. The highest BCUT2D eigenvalue weighted by atomic mass is 32.2. The van der Waals surface area contributed by atoms with Gasteiger partial charge in [0.05, 0.1) is 4.90 Å². The summed E-state index contributed by atoms with van der Waals surface area (Å²) in [5.41, 5.74) is 1.69. The van der Waals surface area contributed by atoms with Gasteiger partial charge in [-0.2, -0.15) is 0 Å². The molecule has 0 aliphatic rings. The highest BCUT2D eigenvalue weighted by Crippen LogP contribution is 2.15. The molecule has 0 bridgehead atoms. The lowest BCUT2D eigenvalue weighted by atomic mass is 10.1. The second kappa shape index (κ2) is 6.89. The second-order valence-electron chi connectivity index (χ2n) is 4.99. The van der Waals surface area contributed by atoms with Gasteiger partial charge in [-0.1, -0.05) is 18.2 Å². The molecule has 0 fully saturated rings. The van der Waals surface area contributed by atoms with Gasteiger partial charge < -0.3 is 5.32 Å². The lowest BCUT2D eigenvalue weighted by Crippen LogP contribution is -2.25. The molecule has 0 aromatic heterocycles. The van der Waals surface area contributed by atoms with Crippen molar-refractivity contribution in [2.75, 3.05) is 7.05 Å². The Labute approximate surface area is 134 Å². The van der Waals surface area contributed by atoms with Gasteiger partial charge in [0.2, 0.25) is 10.0 Å². The number of hydrogen-bond acceptors (Lipinski definition) is 3. The molecule has 122 valence electrons. The van der Waals surface area contributed by atoms with E-state index in [-0.39, 0.29) is 28.7 Å². The highest BCUT2D eigenvalue weighted by Gasteiger charge is 2.16. The second-order valence-corrected chi connectivity index (χ2v) is 6.88. The smallest absolute Gasteiger partial charge is 0.251 e. The van der Waals surface area contributed by atoms with E-state index in [4.69, 9.17) is 0 Å². The maximum absolute atomic E-state index is 12.8. The Morgan fingerprint density at radius 3 is 2.39 bits per heavy atom. The van der Waals surface area contributed by atoms with E-state index in [2.05, 4.69) is 10.0 Å². The summed E-state index contributed by atoms with van der Waals surface area (Å²) in [5.74, 6) is -0.735. The Hall–Kier alpha value is -2.25. The molecule has 0 aliphatic heterocycles. The van der Waals surface area contributed by atoms with Crippen LogP contribution < -0.4 is 10.0 Å². The normalized spacial score (nSPS) is 11.3. The van der Waals surface area contributed by atoms with E-state index >= 15 is 0 Å². The van der Waals surface area contributed by atoms with Crippen LogP contribution >= 0.6 is 0 Å². The molecule has 2 rings (SSSR count). The zero-order valence-electron chi connectivity index (χ0n) is 12.8. The molecule has 0 spiro atoms. The fourth-order valence-corrected chi connectivity index (χ4v) is 2.77. The monoisotopic (exact) mass is 336 g/mol. The summed E-state index contributed by atoms with van der Waals surface area (Å²) >= 11 is 0. The third-order valence-corrected chi connectivity index (χ3v) is 4.81. The minimum Gasteiger partial charge on any atom is -0.348 e. The van der Waals surface area contributed by atoms with Crippen LogP contribution in [0.2, 0.25) is 0 Å². The predicted molar refractivity (Wildman–Crippen MR) is 85.0 cm³/mol. The molecule has 0 radical (unpaired) electrons. The van der Waals surface area contributed by atoms with E-state index in [0.29, 0.717) is 5.56 Å². The zero-order valence-corrected chi connectivity index (χ0v) is 13.6. The lowest BCUT2D eigenvalue weighted by Gasteiger charge is -2.10. The van der Waals surface area contributed by atoms with Gasteiger partial charge in [0.25, 0.3) is 5.91 Å². The van der Waals surface area contributed by atoms with Crippen molar-refractivity contribution in [1.29, 1.82) is 0 Å². The molecule has 1 amide bonds. The molecule has 2 aromatic rings. The molecule has 0 saturated carbocycles. The van der Waals surface area contributed by atoms with Crippen molar-refractivity contribution in [1.82, 2.24) is 10.0 Å². The van der Waals surface area contributed by atoms with Crippen LogP contribution in [0, 0.1) is 12.7 Å². The van der Waals surface area contributed by atoms with Gasteiger partial charge in [-0.3, -0.25) is 4.79 Å². The van der Waals surface area contributed by atoms with Crippen LogP contribution in [-0.4, -0.2) is 21.4 Å². The van der Waals surface area contributed by atoms with Crippen molar-refractivity contribution in [2.45, 2.75) is 18.4 Å². The van der Waals surface area contributed by atoms with E-state index in [1.807, 2.05) is 0 Å². The first-order valence-electron chi connectivity index (χ1n) is 6.90. The zero-order chi connectivity index (χ0) is 17.0. The average Bonchev–Trinajstić information content (AvgIpc) is 2.54. The molecule has 0 unspecified atom stereocenters. The van der Waals surface area contributed by atoms with Crippen molar-refractivity contribution in [3.05, 3.63) is 65.0 Å². The van der Waals surface area contributed by atoms with E-state index in [0.717, 1.165) is 5.56 Å². The number of rotatable bonds is 5. The van der Waals surface area contributed by atoms with Crippen LogP contribution in [0.25, 0.3) is 0 Å². The van der Waals surface area contributed by atoms with Crippen molar-refractivity contribution < 1.29 is 17.6 Å². The third-order valence-electron chi connectivity index (χ3n) is 3.40. The molecule has 7 heteroatoms. The number of amides is 1. The van der Waals surface area contributed by atoms with Crippen molar-refractivity contribution in [3.8, 4) is 0 Å². The van der Waals surface area contributed by atoms with Crippen LogP contribution in [0.1, 0.15) is 21.5 Å². The number of carbonyl (C=O) groups is 1. The first-order chi connectivity index (χ1) is 10.8. The fourth-order valence-electron chi connectivity index (χ4n) is 2.01. The molecule has 2 N–H and O–H groups in total. The Kier molecular flexibility index (Phi) is 5.12. The molecule has 0 atom stereocenters. The first kappa shape index (κ1) is 17.1.